The fraction of sp³-hybridized carbons (Fsp3) is 0.267. The second kappa shape index (κ2) is 6.69. The van der Waals surface area contributed by atoms with E-state index in [0.717, 1.165) is 11.3 Å². The Morgan fingerprint density at radius 3 is 2.52 bits per heavy atom. The van der Waals surface area contributed by atoms with Crippen molar-refractivity contribution in [2.75, 3.05) is 11.9 Å². The number of carbonyl (C=O) groups is 2. The molecule has 3 N–H and O–H groups in total. The summed E-state index contributed by atoms with van der Waals surface area (Å²) >= 11 is 0. The highest BCUT2D eigenvalue weighted by Crippen LogP contribution is 2.13. The molecule has 6 heteroatoms. The van der Waals surface area contributed by atoms with Crippen molar-refractivity contribution in [3.05, 3.63) is 47.2 Å². The summed E-state index contributed by atoms with van der Waals surface area (Å²) in [6, 6.07) is 8.89. The molecule has 0 atom stereocenters. The van der Waals surface area contributed by atoms with E-state index in [4.69, 9.17) is 0 Å². The third kappa shape index (κ3) is 3.92. The molecule has 0 aliphatic rings. The van der Waals surface area contributed by atoms with Gasteiger partial charge < -0.3 is 10.6 Å². The lowest BCUT2D eigenvalue weighted by atomic mass is 10.2. The van der Waals surface area contributed by atoms with Crippen molar-refractivity contribution in [2.24, 2.45) is 0 Å². The van der Waals surface area contributed by atoms with E-state index in [-0.39, 0.29) is 24.8 Å². The molecule has 0 saturated carbocycles. The highest BCUT2D eigenvalue weighted by atomic mass is 16.2. The van der Waals surface area contributed by atoms with Crippen molar-refractivity contribution in [3.63, 3.8) is 0 Å². The first-order valence-electron chi connectivity index (χ1n) is 6.72. The number of benzene rings is 1. The fourth-order valence-electron chi connectivity index (χ4n) is 1.78. The minimum absolute atomic E-state index is 0.182. The van der Waals surface area contributed by atoms with E-state index in [1.807, 2.05) is 19.9 Å². The number of nitrogens with zero attached hydrogens (tertiary/aromatic N) is 1. The minimum atomic E-state index is -0.185. The average Bonchev–Trinajstić information content (AvgIpc) is 2.80. The molecule has 2 aromatic rings. The van der Waals surface area contributed by atoms with E-state index in [1.165, 1.54) is 0 Å². The van der Waals surface area contributed by atoms with E-state index in [9.17, 15) is 9.59 Å². The van der Waals surface area contributed by atoms with Crippen molar-refractivity contribution < 1.29 is 9.59 Å². The van der Waals surface area contributed by atoms with Gasteiger partial charge in [-0.15, -0.1) is 0 Å². The van der Waals surface area contributed by atoms with Crippen molar-refractivity contribution in [2.45, 2.75) is 20.3 Å². The van der Waals surface area contributed by atoms with Gasteiger partial charge in [-0.05, 0) is 26.0 Å². The quantitative estimate of drug-likeness (QED) is 0.783. The van der Waals surface area contributed by atoms with Crippen LogP contribution >= 0.6 is 0 Å². The van der Waals surface area contributed by atoms with Crippen LogP contribution in [0.3, 0.4) is 0 Å². The van der Waals surface area contributed by atoms with Gasteiger partial charge in [0.15, 0.2) is 5.82 Å². The summed E-state index contributed by atoms with van der Waals surface area (Å²) in [5.74, 6) is 0.167. The minimum Gasteiger partial charge on any atom is -0.352 e. The van der Waals surface area contributed by atoms with Gasteiger partial charge in [-0.2, -0.15) is 5.10 Å². The van der Waals surface area contributed by atoms with Crippen LogP contribution in [0.5, 0.6) is 0 Å². The molecular weight excluding hydrogens is 268 g/mol. The molecule has 0 spiro atoms. The molecule has 6 nitrogen and oxygen atoms in total. The zero-order chi connectivity index (χ0) is 15.2. The third-order valence-corrected chi connectivity index (χ3v) is 3.18. The molecule has 0 bridgehead atoms. The van der Waals surface area contributed by atoms with Gasteiger partial charge in [0, 0.05) is 29.8 Å². The molecule has 1 heterocycles. The Balaban J connectivity index is 1.77. The van der Waals surface area contributed by atoms with Crippen LogP contribution in [0, 0.1) is 13.8 Å². The fourth-order valence-corrected chi connectivity index (χ4v) is 1.78. The zero-order valence-corrected chi connectivity index (χ0v) is 12.1. The van der Waals surface area contributed by atoms with Crippen LogP contribution in [-0.4, -0.2) is 28.6 Å². The first-order valence-corrected chi connectivity index (χ1v) is 6.72. The van der Waals surface area contributed by atoms with Crippen molar-refractivity contribution in [1.29, 1.82) is 0 Å². The second-order valence-corrected chi connectivity index (χ2v) is 4.74. The van der Waals surface area contributed by atoms with Gasteiger partial charge in [-0.1, -0.05) is 18.2 Å². The Hall–Kier alpha value is -2.63. The number of rotatable bonds is 5. The molecule has 110 valence electrons. The number of H-pyrrole nitrogens is 1. The number of anilines is 1. The Morgan fingerprint density at radius 1 is 1.19 bits per heavy atom. The number of hydrogen-bond acceptors (Lipinski definition) is 3. The molecule has 2 rings (SSSR count). The lowest BCUT2D eigenvalue weighted by Gasteiger charge is -2.06. The predicted octanol–water partition coefficient (Wildman–Crippen LogP) is 1.79. The van der Waals surface area contributed by atoms with Crippen LogP contribution in [0.4, 0.5) is 5.82 Å². The Kier molecular flexibility index (Phi) is 4.71. The molecule has 0 radical (unpaired) electrons. The summed E-state index contributed by atoms with van der Waals surface area (Å²) in [6.45, 7) is 4.05. The van der Waals surface area contributed by atoms with Crippen LogP contribution in [-0.2, 0) is 4.79 Å². The molecule has 0 fully saturated rings. The van der Waals surface area contributed by atoms with Gasteiger partial charge in [0.1, 0.15) is 0 Å². The Bertz CT molecular complexity index is 634. The smallest absolute Gasteiger partial charge is 0.251 e. The van der Waals surface area contributed by atoms with Crippen LogP contribution in [0.15, 0.2) is 30.3 Å². The van der Waals surface area contributed by atoms with Gasteiger partial charge in [-0.3, -0.25) is 14.7 Å². The molecule has 0 aliphatic heterocycles. The predicted molar refractivity (Wildman–Crippen MR) is 80.1 cm³/mol. The molecule has 1 aromatic carbocycles. The van der Waals surface area contributed by atoms with E-state index in [0.29, 0.717) is 11.4 Å². The average molecular weight is 286 g/mol. The van der Waals surface area contributed by atoms with Crippen LogP contribution < -0.4 is 10.6 Å². The summed E-state index contributed by atoms with van der Waals surface area (Å²) in [5, 5.41) is 12.2. The number of aryl methyl sites for hydroxylation is 1. The second-order valence-electron chi connectivity index (χ2n) is 4.74. The van der Waals surface area contributed by atoms with Gasteiger partial charge in [0.25, 0.3) is 5.91 Å². The SMILES string of the molecule is Cc1[nH]nc(NC(=O)CCNC(=O)c2ccccc2)c1C. The lowest BCUT2D eigenvalue weighted by Crippen LogP contribution is -2.27. The first kappa shape index (κ1) is 14.8. The molecular formula is C15H18N4O2. The normalized spacial score (nSPS) is 10.2. The van der Waals surface area contributed by atoms with Crippen LogP contribution in [0.1, 0.15) is 28.0 Å². The number of aromatic nitrogens is 2. The standard InChI is InChI=1S/C15H18N4O2/c1-10-11(2)18-19-14(10)17-13(20)8-9-16-15(21)12-6-4-3-5-7-12/h3-7H,8-9H2,1-2H3,(H,16,21)(H2,17,18,19,20). The highest BCUT2D eigenvalue weighted by molar-refractivity contribution is 5.95. The van der Waals surface area contributed by atoms with E-state index >= 15 is 0 Å². The number of carbonyl (C=O) groups excluding carboxylic acids is 2. The van der Waals surface area contributed by atoms with E-state index in [1.54, 1.807) is 24.3 Å². The largest absolute Gasteiger partial charge is 0.352 e. The monoisotopic (exact) mass is 286 g/mol. The highest BCUT2D eigenvalue weighted by Gasteiger charge is 2.10. The molecule has 0 aliphatic carbocycles. The summed E-state index contributed by atoms with van der Waals surface area (Å²) in [4.78, 5) is 23.6. The summed E-state index contributed by atoms with van der Waals surface area (Å²) in [7, 11) is 0. The molecule has 0 saturated heterocycles. The molecule has 1 aromatic heterocycles. The van der Waals surface area contributed by atoms with Gasteiger partial charge >= 0.3 is 0 Å². The maximum atomic E-state index is 11.8. The Morgan fingerprint density at radius 2 is 1.90 bits per heavy atom. The van der Waals surface area contributed by atoms with Crippen LogP contribution in [0.25, 0.3) is 0 Å². The van der Waals surface area contributed by atoms with Crippen molar-refractivity contribution in [3.8, 4) is 0 Å². The summed E-state index contributed by atoms with van der Waals surface area (Å²) in [6.07, 6.45) is 0.198. The third-order valence-electron chi connectivity index (χ3n) is 3.18. The topological polar surface area (TPSA) is 86.9 Å². The molecule has 0 unspecified atom stereocenters. The summed E-state index contributed by atoms with van der Waals surface area (Å²) in [5.41, 5.74) is 2.41. The maximum Gasteiger partial charge on any atom is 0.251 e. The van der Waals surface area contributed by atoms with E-state index in [2.05, 4.69) is 20.8 Å². The number of amides is 2. The number of aromatic amines is 1. The lowest BCUT2D eigenvalue weighted by molar-refractivity contribution is -0.116. The number of nitrogens with one attached hydrogen (secondary N) is 3. The van der Waals surface area contributed by atoms with E-state index < -0.39 is 0 Å². The maximum absolute atomic E-state index is 11.8. The summed E-state index contributed by atoms with van der Waals surface area (Å²) < 4.78 is 0. The zero-order valence-electron chi connectivity index (χ0n) is 12.1. The Labute approximate surface area is 122 Å². The van der Waals surface area contributed by atoms with Gasteiger partial charge in [0.2, 0.25) is 5.91 Å². The van der Waals surface area contributed by atoms with Crippen LogP contribution in [0.2, 0.25) is 0 Å². The molecule has 21 heavy (non-hydrogen) atoms. The first-order chi connectivity index (χ1) is 10.1. The van der Waals surface area contributed by atoms with Crippen molar-refractivity contribution in [1.82, 2.24) is 15.5 Å². The van der Waals surface area contributed by atoms with Gasteiger partial charge in [0.05, 0.1) is 0 Å². The molecule has 2 amide bonds. The van der Waals surface area contributed by atoms with Crippen molar-refractivity contribution >= 4 is 17.6 Å². The number of hydrogen-bond donors (Lipinski definition) is 3. The van der Waals surface area contributed by atoms with Gasteiger partial charge in [-0.25, -0.2) is 0 Å².